The number of hydrogen-bond donors (Lipinski definition) is 1. The molecular weight excluding hydrogens is 368 g/mol. The summed E-state index contributed by atoms with van der Waals surface area (Å²) >= 11 is 1.00. The van der Waals surface area contributed by atoms with Crippen LogP contribution in [0.1, 0.15) is 39.4 Å². The first-order chi connectivity index (χ1) is 12.9. The number of nitrogens with zero attached hydrogens (tertiary/aromatic N) is 1. The van der Waals surface area contributed by atoms with Crippen LogP contribution >= 0.6 is 11.3 Å². The van der Waals surface area contributed by atoms with E-state index in [1.807, 2.05) is 4.90 Å². The second kappa shape index (κ2) is 11.3. The first-order valence-corrected chi connectivity index (χ1v) is 9.42. The van der Waals surface area contributed by atoms with Crippen LogP contribution in [0, 0.1) is 6.92 Å². The Morgan fingerprint density at radius 3 is 2.15 bits per heavy atom. The Balaban J connectivity index is 3.12. The fourth-order valence-corrected chi connectivity index (χ4v) is 3.48. The van der Waals surface area contributed by atoms with E-state index < -0.39 is 11.9 Å². The van der Waals surface area contributed by atoms with Gasteiger partial charge >= 0.3 is 11.9 Å². The minimum Gasteiger partial charge on any atom is -0.462 e. The summed E-state index contributed by atoms with van der Waals surface area (Å²) in [6.45, 7) is 13.9. The maximum atomic E-state index is 12.4. The highest BCUT2D eigenvalue weighted by Crippen LogP contribution is 2.34. The molecule has 1 amide bonds. The summed E-state index contributed by atoms with van der Waals surface area (Å²) in [6, 6.07) is 0. The quantitative estimate of drug-likeness (QED) is 0.459. The predicted octanol–water partition coefficient (Wildman–Crippen LogP) is 3.02. The SMILES string of the molecule is C=CCN(CC=C)CC(=O)Nc1sc(C(=O)OCC)c(C)c1C(=O)OCC. The van der Waals surface area contributed by atoms with Crippen LogP contribution in [0.4, 0.5) is 5.00 Å². The van der Waals surface area contributed by atoms with Crippen LogP contribution in [0.2, 0.25) is 0 Å². The van der Waals surface area contributed by atoms with E-state index in [2.05, 4.69) is 18.5 Å². The number of anilines is 1. The van der Waals surface area contributed by atoms with Gasteiger partial charge in [-0.15, -0.1) is 24.5 Å². The fourth-order valence-electron chi connectivity index (χ4n) is 2.38. The van der Waals surface area contributed by atoms with Crippen LogP contribution in [0.25, 0.3) is 0 Å². The molecule has 1 aromatic rings. The molecule has 1 heterocycles. The lowest BCUT2D eigenvalue weighted by molar-refractivity contribution is -0.117. The molecule has 0 radical (unpaired) electrons. The molecule has 1 aromatic heterocycles. The molecule has 7 nitrogen and oxygen atoms in total. The number of rotatable bonds is 11. The van der Waals surface area contributed by atoms with Crippen LogP contribution in [0.3, 0.4) is 0 Å². The van der Waals surface area contributed by atoms with E-state index >= 15 is 0 Å². The zero-order valence-corrected chi connectivity index (χ0v) is 16.8. The van der Waals surface area contributed by atoms with Crippen molar-refractivity contribution in [3.05, 3.63) is 41.3 Å². The summed E-state index contributed by atoms with van der Waals surface area (Å²) in [7, 11) is 0. The summed E-state index contributed by atoms with van der Waals surface area (Å²) in [5.41, 5.74) is 0.610. The number of hydrogen-bond acceptors (Lipinski definition) is 7. The molecule has 0 unspecified atom stereocenters. The first-order valence-electron chi connectivity index (χ1n) is 8.61. The Kier molecular flexibility index (Phi) is 9.46. The average molecular weight is 394 g/mol. The van der Waals surface area contributed by atoms with Crippen LogP contribution < -0.4 is 5.32 Å². The molecule has 1 rings (SSSR count). The second-order valence-electron chi connectivity index (χ2n) is 5.52. The van der Waals surface area contributed by atoms with Crippen molar-refractivity contribution in [1.82, 2.24) is 4.90 Å². The molecule has 0 saturated heterocycles. The van der Waals surface area contributed by atoms with Crippen molar-refractivity contribution in [1.29, 1.82) is 0 Å². The zero-order valence-electron chi connectivity index (χ0n) is 16.0. The molecule has 0 aliphatic carbocycles. The van der Waals surface area contributed by atoms with Crippen LogP contribution in [-0.2, 0) is 14.3 Å². The van der Waals surface area contributed by atoms with Gasteiger partial charge in [0.15, 0.2) is 0 Å². The van der Waals surface area contributed by atoms with E-state index in [9.17, 15) is 14.4 Å². The van der Waals surface area contributed by atoms with Gasteiger partial charge in [-0.05, 0) is 26.3 Å². The van der Waals surface area contributed by atoms with Gasteiger partial charge in [0, 0.05) is 13.1 Å². The fraction of sp³-hybridized carbons (Fsp3) is 0.421. The van der Waals surface area contributed by atoms with E-state index in [0.717, 1.165) is 11.3 Å². The smallest absolute Gasteiger partial charge is 0.348 e. The third-order valence-electron chi connectivity index (χ3n) is 3.48. The van der Waals surface area contributed by atoms with Crippen molar-refractivity contribution < 1.29 is 23.9 Å². The summed E-state index contributed by atoms with van der Waals surface area (Å²) in [5.74, 6) is -1.45. The maximum Gasteiger partial charge on any atom is 0.348 e. The summed E-state index contributed by atoms with van der Waals surface area (Å²) in [4.78, 5) is 39.0. The molecule has 0 fully saturated rings. The van der Waals surface area contributed by atoms with Gasteiger partial charge < -0.3 is 14.8 Å². The predicted molar refractivity (Wildman–Crippen MR) is 106 cm³/mol. The highest BCUT2D eigenvalue weighted by atomic mass is 32.1. The lowest BCUT2D eigenvalue weighted by Gasteiger charge is -2.17. The molecule has 0 aliphatic rings. The van der Waals surface area contributed by atoms with E-state index in [1.165, 1.54) is 0 Å². The van der Waals surface area contributed by atoms with E-state index in [1.54, 1.807) is 32.9 Å². The van der Waals surface area contributed by atoms with Crippen molar-refractivity contribution >= 4 is 34.2 Å². The van der Waals surface area contributed by atoms with Gasteiger partial charge in [0.1, 0.15) is 9.88 Å². The van der Waals surface area contributed by atoms with Gasteiger partial charge in [-0.25, -0.2) is 9.59 Å². The molecule has 0 bridgehead atoms. The van der Waals surface area contributed by atoms with Gasteiger partial charge in [-0.1, -0.05) is 12.2 Å². The monoisotopic (exact) mass is 394 g/mol. The molecule has 8 heteroatoms. The molecule has 148 valence electrons. The van der Waals surface area contributed by atoms with Crippen LogP contribution in [0.5, 0.6) is 0 Å². The molecule has 0 aliphatic heterocycles. The Bertz CT molecular complexity index is 701. The largest absolute Gasteiger partial charge is 0.462 e. The van der Waals surface area contributed by atoms with Crippen molar-refractivity contribution in [3.63, 3.8) is 0 Å². The van der Waals surface area contributed by atoms with Gasteiger partial charge in [-0.3, -0.25) is 9.69 Å². The lowest BCUT2D eigenvalue weighted by atomic mass is 10.1. The van der Waals surface area contributed by atoms with Gasteiger partial charge in [0.2, 0.25) is 5.91 Å². The average Bonchev–Trinajstić information content (AvgIpc) is 2.92. The van der Waals surface area contributed by atoms with Gasteiger partial charge in [0.25, 0.3) is 0 Å². The molecule has 0 saturated carbocycles. The van der Waals surface area contributed by atoms with Crippen molar-refractivity contribution in [2.24, 2.45) is 0 Å². The lowest BCUT2D eigenvalue weighted by Crippen LogP contribution is -2.33. The summed E-state index contributed by atoms with van der Waals surface area (Å²) in [5, 5.41) is 2.99. The number of carbonyl (C=O) groups excluding carboxylic acids is 3. The van der Waals surface area contributed by atoms with Crippen LogP contribution in [0.15, 0.2) is 25.3 Å². The molecule has 0 aromatic carbocycles. The van der Waals surface area contributed by atoms with E-state index in [0.29, 0.717) is 18.7 Å². The number of ether oxygens (including phenoxy) is 2. The third-order valence-corrected chi connectivity index (χ3v) is 4.67. The number of carbonyl (C=O) groups is 3. The van der Waals surface area contributed by atoms with Gasteiger partial charge in [-0.2, -0.15) is 0 Å². The van der Waals surface area contributed by atoms with Crippen LogP contribution in [-0.4, -0.2) is 55.6 Å². The molecule has 0 atom stereocenters. The van der Waals surface area contributed by atoms with Crippen molar-refractivity contribution in [3.8, 4) is 0 Å². The molecule has 1 N–H and O–H groups in total. The van der Waals surface area contributed by atoms with Gasteiger partial charge in [0.05, 0.1) is 25.3 Å². The first kappa shape index (κ1) is 22.6. The maximum absolute atomic E-state index is 12.4. The van der Waals surface area contributed by atoms with E-state index in [4.69, 9.17) is 9.47 Å². The Morgan fingerprint density at radius 1 is 1.07 bits per heavy atom. The summed E-state index contributed by atoms with van der Waals surface area (Å²) < 4.78 is 10.1. The number of amides is 1. The molecule has 27 heavy (non-hydrogen) atoms. The highest BCUT2D eigenvalue weighted by Gasteiger charge is 2.27. The standard InChI is InChI=1S/C19H26N2O5S/c1-6-10-21(11-7-2)12-14(22)20-17-15(18(23)25-8-3)13(5)16(27-17)19(24)26-9-4/h6-7H,1-2,8-12H2,3-5H3,(H,20,22). The second-order valence-corrected chi connectivity index (χ2v) is 6.54. The van der Waals surface area contributed by atoms with Crippen molar-refractivity contribution in [2.45, 2.75) is 20.8 Å². The minimum atomic E-state index is -0.592. The highest BCUT2D eigenvalue weighted by molar-refractivity contribution is 7.18. The number of thiophene rings is 1. The number of nitrogens with one attached hydrogen (secondary N) is 1. The third kappa shape index (κ3) is 6.33. The van der Waals surface area contributed by atoms with Crippen molar-refractivity contribution in [2.75, 3.05) is 38.2 Å². The normalized spacial score (nSPS) is 10.4. The topological polar surface area (TPSA) is 84.9 Å². The molecular formula is C19H26N2O5S. The van der Waals surface area contributed by atoms with E-state index in [-0.39, 0.29) is 41.1 Å². The number of esters is 2. The Labute approximate surface area is 163 Å². The Hall–Kier alpha value is -2.45. The minimum absolute atomic E-state index is 0.0893. The zero-order chi connectivity index (χ0) is 20.4. The molecule has 0 spiro atoms. The Morgan fingerprint density at radius 2 is 1.63 bits per heavy atom. The summed E-state index contributed by atoms with van der Waals surface area (Å²) in [6.07, 6.45) is 3.38.